The van der Waals surface area contributed by atoms with Gasteiger partial charge in [0.05, 0.1) is 13.3 Å². The number of carbonyl (C=O) groups is 1. The molecule has 0 fully saturated rings. The van der Waals surface area contributed by atoms with Gasteiger partial charge in [0.25, 0.3) is 0 Å². The molecule has 8 heteroatoms. The average molecular weight is 425 g/mol. The highest BCUT2D eigenvalue weighted by Gasteiger charge is 2.48. The fraction of sp³-hybridized carbons (Fsp3) is 0.143. The van der Waals surface area contributed by atoms with Crippen molar-refractivity contribution in [2.24, 2.45) is 0 Å². The third kappa shape index (κ3) is 4.09. The van der Waals surface area contributed by atoms with Crippen LogP contribution in [0.25, 0.3) is 0 Å². The summed E-state index contributed by atoms with van der Waals surface area (Å²) >= 11 is -3.04. The van der Waals surface area contributed by atoms with Crippen molar-refractivity contribution in [1.29, 1.82) is 0 Å². The molecule has 2 rings (SSSR count). The van der Waals surface area contributed by atoms with Crippen molar-refractivity contribution in [2.45, 2.75) is 6.18 Å². The molecule has 0 atom stereocenters. The van der Waals surface area contributed by atoms with Gasteiger partial charge in [0, 0.05) is 6.20 Å². The van der Waals surface area contributed by atoms with Crippen LogP contribution in [0.3, 0.4) is 0 Å². The SMILES string of the molecule is COc1ccc([I+](OC(=O)C(F)(F)F)c2cccnc2)cc1. The molecular weight excluding hydrogens is 414 g/mol. The highest BCUT2D eigenvalue weighted by atomic mass is 127. The first kappa shape index (κ1) is 16.5. The lowest BCUT2D eigenvalue weighted by atomic mass is 10.3. The minimum atomic E-state index is -5.02. The number of aromatic nitrogens is 1. The van der Waals surface area contributed by atoms with Crippen molar-refractivity contribution in [3.63, 3.8) is 0 Å². The van der Waals surface area contributed by atoms with Crippen LogP contribution in [0.4, 0.5) is 13.2 Å². The van der Waals surface area contributed by atoms with Gasteiger partial charge in [-0.05, 0) is 36.4 Å². The van der Waals surface area contributed by atoms with Crippen molar-refractivity contribution < 1.29 is 46.0 Å². The summed E-state index contributed by atoms with van der Waals surface area (Å²) in [5, 5.41) is 0. The molecule has 0 bridgehead atoms. The van der Waals surface area contributed by atoms with Crippen LogP contribution in [0.15, 0.2) is 48.8 Å². The maximum Gasteiger partial charge on any atom is 0.496 e. The average Bonchev–Trinajstić information content (AvgIpc) is 2.52. The van der Waals surface area contributed by atoms with Gasteiger partial charge < -0.3 is 4.74 Å². The van der Waals surface area contributed by atoms with Crippen LogP contribution in [-0.2, 0) is 7.86 Å². The summed E-state index contributed by atoms with van der Waals surface area (Å²) in [5.74, 6) is -1.62. The van der Waals surface area contributed by atoms with E-state index in [2.05, 4.69) is 4.98 Å². The third-order valence-corrected chi connectivity index (χ3v) is 6.91. The number of hydrogen-bond acceptors (Lipinski definition) is 4. The number of halogens is 4. The molecular formula is C14H11F3INO3+. The molecule has 117 valence electrons. The molecule has 0 aliphatic rings. The van der Waals surface area contributed by atoms with E-state index in [1.165, 1.54) is 19.5 Å². The lowest BCUT2D eigenvalue weighted by Crippen LogP contribution is -3.85. The Morgan fingerprint density at radius 1 is 1.14 bits per heavy atom. The maximum atomic E-state index is 12.5. The number of nitrogens with zero attached hydrogens (tertiary/aromatic N) is 1. The molecule has 0 unspecified atom stereocenters. The van der Waals surface area contributed by atoms with Crippen LogP contribution >= 0.6 is 0 Å². The van der Waals surface area contributed by atoms with Gasteiger partial charge in [-0.3, -0.25) is 4.98 Å². The monoisotopic (exact) mass is 425 g/mol. The van der Waals surface area contributed by atoms with Gasteiger partial charge in [0.2, 0.25) is 3.57 Å². The molecule has 0 saturated heterocycles. The lowest BCUT2D eigenvalue weighted by molar-refractivity contribution is -1.04. The zero-order valence-corrected chi connectivity index (χ0v) is 13.5. The Balaban J connectivity index is 2.35. The maximum absolute atomic E-state index is 12.5. The first-order valence-electron chi connectivity index (χ1n) is 5.95. The van der Waals surface area contributed by atoms with Crippen molar-refractivity contribution >= 4 is 5.97 Å². The predicted octanol–water partition coefficient (Wildman–Crippen LogP) is -0.225. The summed E-state index contributed by atoms with van der Waals surface area (Å²) in [4.78, 5) is 15.1. The van der Waals surface area contributed by atoms with E-state index in [4.69, 9.17) is 7.80 Å². The van der Waals surface area contributed by atoms with Gasteiger partial charge in [-0.25, -0.2) is 7.86 Å². The largest absolute Gasteiger partial charge is 0.497 e. The molecule has 0 aliphatic heterocycles. The van der Waals surface area contributed by atoms with Crippen LogP contribution < -0.4 is 25.0 Å². The van der Waals surface area contributed by atoms with Crippen molar-refractivity contribution in [3.8, 4) is 5.75 Å². The molecule has 4 nitrogen and oxygen atoms in total. The normalized spacial score (nSPS) is 11.3. The highest BCUT2D eigenvalue weighted by Crippen LogP contribution is 2.14. The summed E-state index contributed by atoms with van der Waals surface area (Å²) in [5.41, 5.74) is 0. The zero-order chi connectivity index (χ0) is 16.2. The predicted molar refractivity (Wildman–Crippen MR) is 66.8 cm³/mol. The number of hydrogen-bond donors (Lipinski definition) is 0. The molecule has 2 aromatic rings. The lowest BCUT2D eigenvalue weighted by Gasteiger charge is -2.07. The van der Waals surface area contributed by atoms with Crippen LogP contribution in [0.2, 0.25) is 0 Å². The van der Waals surface area contributed by atoms with E-state index in [1.54, 1.807) is 36.4 Å². The van der Waals surface area contributed by atoms with E-state index in [-0.39, 0.29) is 0 Å². The van der Waals surface area contributed by atoms with E-state index >= 15 is 0 Å². The quantitative estimate of drug-likeness (QED) is 0.636. The Bertz CT molecular complexity index is 632. The van der Waals surface area contributed by atoms with Gasteiger partial charge in [-0.1, -0.05) is 0 Å². The Hall–Kier alpha value is -1.84. The number of methoxy groups -OCH3 is 1. The molecule has 22 heavy (non-hydrogen) atoms. The zero-order valence-electron chi connectivity index (χ0n) is 11.3. The van der Waals surface area contributed by atoms with Crippen LogP contribution in [0.1, 0.15) is 0 Å². The Kier molecular flexibility index (Phi) is 5.22. The molecule has 1 radical (unpaired) electrons. The molecule has 1 aromatic heterocycles. The smallest absolute Gasteiger partial charge is 0.496 e. The second-order valence-corrected chi connectivity index (χ2v) is 8.29. The molecule has 0 aliphatic carbocycles. The molecule has 0 saturated carbocycles. The molecule has 0 amide bonds. The molecule has 0 spiro atoms. The number of pyridine rings is 1. The summed E-state index contributed by atoms with van der Waals surface area (Å²) in [6.45, 7) is 0. The summed E-state index contributed by atoms with van der Waals surface area (Å²) < 4.78 is 48.2. The van der Waals surface area contributed by atoms with Gasteiger partial charge in [-0.15, -0.1) is 0 Å². The summed E-state index contributed by atoms with van der Waals surface area (Å²) in [7, 11) is 1.48. The Morgan fingerprint density at radius 2 is 1.82 bits per heavy atom. The topological polar surface area (TPSA) is 48.4 Å². The van der Waals surface area contributed by atoms with Crippen LogP contribution in [0.5, 0.6) is 5.75 Å². The first-order valence-corrected chi connectivity index (χ1v) is 8.99. The van der Waals surface area contributed by atoms with E-state index in [0.717, 1.165) is 0 Å². The summed E-state index contributed by atoms with van der Waals surface area (Å²) in [6.07, 6.45) is -2.11. The third-order valence-electron chi connectivity index (χ3n) is 2.45. The number of carbonyl (C=O) groups excluding carboxylic acids is 1. The molecule has 1 aromatic carbocycles. The Morgan fingerprint density at radius 3 is 2.32 bits per heavy atom. The second kappa shape index (κ2) is 6.95. The fourth-order valence-corrected chi connectivity index (χ4v) is 5.30. The first-order chi connectivity index (χ1) is 10.4. The van der Waals surface area contributed by atoms with E-state index < -0.39 is 32.4 Å². The number of rotatable bonds is 4. The molecule has 1 heterocycles. The van der Waals surface area contributed by atoms with E-state index in [0.29, 0.717) is 12.9 Å². The second-order valence-electron chi connectivity index (χ2n) is 3.94. The number of alkyl halides is 3. The molecule has 0 N–H and O–H groups in total. The van der Waals surface area contributed by atoms with Crippen molar-refractivity contribution in [3.05, 3.63) is 55.9 Å². The van der Waals surface area contributed by atoms with Crippen molar-refractivity contribution in [1.82, 2.24) is 4.98 Å². The number of benzene rings is 1. The minimum absolute atomic E-state index is 0.495. The summed E-state index contributed by atoms with van der Waals surface area (Å²) in [6, 6.07) is 9.60. The number of ether oxygens (including phenoxy) is 1. The van der Waals surface area contributed by atoms with Gasteiger partial charge in [0.1, 0.15) is 5.75 Å². The highest BCUT2D eigenvalue weighted by molar-refractivity contribution is 5.74. The van der Waals surface area contributed by atoms with Crippen molar-refractivity contribution in [2.75, 3.05) is 7.11 Å². The van der Waals surface area contributed by atoms with Gasteiger partial charge in [0.15, 0.2) is 3.57 Å². The minimum Gasteiger partial charge on any atom is -0.497 e. The van der Waals surface area contributed by atoms with Crippen LogP contribution in [0, 0.1) is 7.14 Å². The standard InChI is InChI=1S/C14H11F3INO3/c1-21-12-6-4-10(5-7-12)18(11-3-2-8-19-9-11)22-13(20)14(15,16)17/h2-9H,1H3/q+1. The van der Waals surface area contributed by atoms with E-state index in [9.17, 15) is 18.0 Å². The van der Waals surface area contributed by atoms with Crippen LogP contribution in [-0.4, -0.2) is 24.2 Å². The van der Waals surface area contributed by atoms with E-state index in [1.807, 2.05) is 0 Å². The fourth-order valence-electron chi connectivity index (χ4n) is 1.46. The van der Waals surface area contributed by atoms with Gasteiger partial charge in [-0.2, -0.15) is 13.2 Å². The Labute approximate surface area is 132 Å². The van der Waals surface area contributed by atoms with Gasteiger partial charge >= 0.3 is 32.4 Å².